The minimum atomic E-state index is -0.445. The Kier molecular flexibility index (Phi) is 4.41. The zero-order valence-corrected chi connectivity index (χ0v) is 14.1. The summed E-state index contributed by atoms with van der Waals surface area (Å²) in [7, 11) is 0. The van der Waals surface area contributed by atoms with Gasteiger partial charge in [-0.2, -0.15) is 0 Å². The van der Waals surface area contributed by atoms with Gasteiger partial charge < -0.3 is 19.3 Å². The van der Waals surface area contributed by atoms with Crippen LogP contribution in [0.25, 0.3) is 0 Å². The Labute approximate surface area is 142 Å². The molecule has 6 nitrogen and oxygen atoms in total. The largest absolute Gasteiger partial charge is 0.371 e. The van der Waals surface area contributed by atoms with Crippen molar-refractivity contribution in [2.24, 2.45) is 0 Å². The van der Waals surface area contributed by atoms with E-state index in [9.17, 15) is 4.79 Å². The van der Waals surface area contributed by atoms with Gasteiger partial charge in [-0.1, -0.05) is 0 Å². The highest BCUT2D eigenvalue weighted by molar-refractivity contribution is 5.93. The average Bonchev–Trinajstić information content (AvgIpc) is 3.11. The van der Waals surface area contributed by atoms with Crippen molar-refractivity contribution in [1.82, 2.24) is 9.88 Å². The zero-order chi connectivity index (χ0) is 16.4. The van der Waals surface area contributed by atoms with Crippen LogP contribution in [0.15, 0.2) is 18.3 Å². The number of hydrogen-bond acceptors (Lipinski definition) is 5. The lowest BCUT2D eigenvalue weighted by atomic mass is 10.0. The summed E-state index contributed by atoms with van der Waals surface area (Å²) in [5, 5.41) is 0. The fourth-order valence-corrected chi connectivity index (χ4v) is 3.88. The Hall–Kier alpha value is -1.66. The molecule has 0 atom stereocenters. The molecule has 4 heterocycles. The number of rotatable bonds is 2. The van der Waals surface area contributed by atoms with E-state index in [2.05, 4.69) is 9.88 Å². The maximum absolute atomic E-state index is 12.8. The Morgan fingerprint density at radius 2 is 1.75 bits per heavy atom. The molecule has 0 radical (unpaired) electrons. The van der Waals surface area contributed by atoms with Crippen molar-refractivity contribution in [2.75, 3.05) is 44.3 Å². The van der Waals surface area contributed by atoms with Crippen LogP contribution in [-0.2, 0) is 9.47 Å². The van der Waals surface area contributed by atoms with Crippen LogP contribution in [0.3, 0.4) is 0 Å². The van der Waals surface area contributed by atoms with Gasteiger partial charge in [-0.25, -0.2) is 0 Å². The summed E-state index contributed by atoms with van der Waals surface area (Å²) in [6.45, 7) is 4.78. The van der Waals surface area contributed by atoms with Crippen LogP contribution in [0.5, 0.6) is 0 Å². The number of carbonyl (C=O) groups is 1. The number of nitrogens with zero attached hydrogens (tertiary/aromatic N) is 3. The lowest BCUT2D eigenvalue weighted by Crippen LogP contribution is -2.47. The number of ether oxygens (including phenoxy) is 2. The first-order valence-corrected chi connectivity index (χ1v) is 9.04. The molecule has 3 aliphatic heterocycles. The number of piperidine rings is 2. The van der Waals surface area contributed by atoms with Gasteiger partial charge in [0, 0.05) is 50.9 Å². The molecule has 0 saturated carbocycles. The normalized spacial score (nSPS) is 23.7. The van der Waals surface area contributed by atoms with Crippen molar-refractivity contribution >= 4 is 11.6 Å². The van der Waals surface area contributed by atoms with Crippen molar-refractivity contribution < 1.29 is 14.3 Å². The Balaban J connectivity index is 1.43. The molecule has 6 heteroatoms. The third-order valence-corrected chi connectivity index (χ3v) is 5.31. The third kappa shape index (κ3) is 3.13. The summed E-state index contributed by atoms with van der Waals surface area (Å²) in [6, 6.07) is 3.95. The molecule has 0 unspecified atom stereocenters. The Morgan fingerprint density at radius 3 is 2.46 bits per heavy atom. The van der Waals surface area contributed by atoms with Gasteiger partial charge in [0.25, 0.3) is 5.91 Å². The summed E-state index contributed by atoms with van der Waals surface area (Å²) in [4.78, 5) is 21.3. The Morgan fingerprint density at radius 1 is 1.04 bits per heavy atom. The monoisotopic (exact) mass is 331 g/mol. The molecule has 1 aromatic heterocycles. The number of likely N-dealkylation sites (tertiary alicyclic amines) is 1. The number of carbonyl (C=O) groups excluding carboxylic acids is 1. The highest BCUT2D eigenvalue weighted by Gasteiger charge is 2.41. The highest BCUT2D eigenvalue weighted by Crippen LogP contribution is 2.31. The second-order valence-corrected chi connectivity index (χ2v) is 6.85. The summed E-state index contributed by atoms with van der Waals surface area (Å²) < 4.78 is 11.5. The average molecular weight is 331 g/mol. The topological polar surface area (TPSA) is 54.9 Å². The second-order valence-electron chi connectivity index (χ2n) is 6.85. The summed E-state index contributed by atoms with van der Waals surface area (Å²) >= 11 is 0. The fourth-order valence-electron chi connectivity index (χ4n) is 3.88. The SMILES string of the molecule is O=C(c1cc(N2CCCCC2)ccn1)N1CCC2(CC1)OCCO2. The van der Waals surface area contributed by atoms with Crippen LogP contribution in [0.2, 0.25) is 0 Å². The maximum atomic E-state index is 12.8. The molecule has 24 heavy (non-hydrogen) atoms. The number of amides is 1. The predicted octanol–water partition coefficient (Wildman–Crippen LogP) is 2.05. The number of anilines is 1. The molecular weight excluding hydrogens is 306 g/mol. The van der Waals surface area contributed by atoms with Crippen molar-refractivity contribution in [3.8, 4) is 0 Å². The van der Waals surface area contributed by atoms with E-state index in [0.717, 1.165) is 31.6 Å². The van der Waals surface area contributed by atoms with Crippen molar-refractivity contribution in [3.05, 3.63) is 24.0 Å². The first-order chi connectivity index (χ1) is 11.8. The van der Waals surface area contributed by atoms with E-state index in [-0.39, 0.29) is 5.91 Å². The lowest BCUT2D eigenvalue weighted by molar-refractivity contribution is -0.181. The molecule has 3 aliphatic rings. The van der Waals surface area contributed by atoms with Gasteiger partial charge in [0.1, 0.15) is 5.69 Å². The molecule has 4 rings (SSSR count). The number of pyridine rings is 1. The summed E-state index contributed by atoms with van der Waals surface area (Å²) in [5.74, 6) is -0.429. The molecule has 1 spiro atoms. The summed E-state index contributed by atoms with van der Waals surface area (Å²) in [5.41, 5.74) is 1.66. The first kappa shape index (κ1) is 15.8. The van der Waals surface area contributed by atoms with E-state index in [1.54, 1.807) is 6.20 Å². The van der Waals surface area contributed by atoms with Crippen molar-refractivity contribution in [1.29, 1.82) is 0 Å². The molecule has 1 amide bonds. The highest BCUT2D eigenvalue weighted by atomic mass is 16.7. The second kappa shape index (κ2) is 6.69. The van der Waals surface area contributed by atoms with E-state index in [0.29, 0.717) is 32.0 Å². The van der Waals surface area contributed by atoms with Gasteiger partial charge in [0.05, 0.1) is 13.2 Å². The van der Waals surface area contributed by atoms with E-state index in [4.69, 9.17) is 9.47 Å². The van der Waals surface area contributed by atoms with Gasteiger partial charge in [-0.3, -0.25) is 9.78 Å². The maximum Gasteiger partial charge on any atom is 0.272 e. The summed E-state index contributed by atoms with van der Waals surface area (Å²) in [6.07, 6.45) is 6.98. The van der Waals surface area contributed by atoms with Gasteiger partial charge in [0.15, 0.2) is 5.79 Å². The quantitative estimate of drug-likeness (QED) is 0.830. The molecule has 3 saturated heterocycles. The zero-order valence-electron chi connectivity index (χ0n) is 14.1. The molecular formula is C18H25N3O3. The number of hydrogen-bond donors (Lipinski definition) is 0. The lowest BCUT2D eigenvalue weighted by Gasteiger charge is -2.37. The van der Waals surface area contributed by atoms with Gasteiger partial charge in [-0.05, 0) is 31.4 Å². The van der Waals surface area contributed by atoms with Gasteiger partial charge in [0.2, 0.25) is 0 Å². The van der Waals surface area contributed by atoms with Gasteiger partial charge >= 0.3 is 0 Å². The van der Waals surface area contributed by atoms with Crippen molar-refractivity contribution in [3.63, 3.8) is 0 Å². The number of aromatic nitrogens is 1. The van der Waals surface area contributed by atoms with E-state index < -0.39 is 5.79 Å². The van der Waals surface area contributed by atoms with E-state index in [1.807, 2.05) is 17.0 Å². The molecule has 0 N–H and O–H groups in total. The van der Waals surface area contributed by atoms with Crippen LogP contribution in [0, 0.1) is 0 Å². The minimum absolute atomic E-state index is 0.0155. The first-order valence-electron chi connectivity index (χ1n) is 9.04. The molecule has 0 bridgehead atoms. The molecule has 0 aromatic carbocycles. The molecule has 130 valence electrons. The van der Waals surface area contributed by atoms with Gasteiger partial charge in [-0.15, -0.1) is 0 Å². The van der Waals surface area contributed by atoms with Crippen molar-refractivity contribution in [2.45, 2.75) is 37.9 Å². The Bertz CT molecular complexity index is 585. The molecule has 1 aromatic rings. The van der Waals surface area contributed by atoms with Crippen LogP contribution >= 0.6 is 0 Å². The van der Waals surface area contributed by atoms with E-state index >= 15 is 0 Å². The third-order valence-electron chi connectivity index (χ3n) is 5.31. The standard InChI is InChI=1S/C18H25N3O3/c22-17(21-10-5-18(6-11-21)23-12-13-24-18)16-14-15(4-7-19-16)20-8-2-1-3-9-20/h4,7,14H,1-3,5-6,8-13H2. The smallest absolute Gasteiger partial charge is 0.272 e. The van der Waals surface area contributed by atoms with Crippen LogP contribution in [-0.4, -0.2) is 61.0 Å². The fraction of sp³-hybridized carbons (Fsp3) is 0.667. The molecule has 0 aliphatic carbocycles. The van der Waals surface area contributed by atoms with Crippen LogP contribution in [0.4, 0.5) is 5.69 Å². The van der Waals surface area contributed by atoms with E-state index in [1.165, 1.54) is 19.3 Å². The predicted molar refractivity (Wildman–Crippen MR) is 90.1 cm³/mol. The van der Waals surface area contributed by atoms with Crippen LogP contribution < -0.4 is 4.90 Å². The van der Waals surface area contributed by atoms with Crippen LogP contribution in [0.1, 0.15) is 42.6 Å². The molecule has 3 fully saturated rings. The minimum Gasteiger partial charge on any atom is -0.371 e.